The minimum Gasteiger partial charge on any atom is -0.396 e. The lowest BCUT2D eigenvalue weighted by molar-refractivity contribution is 0.267. The van der Waals surface area contributed by atoms with Crippen LogP contribution in [0.2, 0.25) is 5.02 Å². The fourth-order valence-electron chi connectivity index (χ4n) is 1.95. The predicted octanol–water partition coefficient (Wildman–Crippen LogP) is 4.07. The van der Waals surface area contributed by atoms with Crippen LogP contribution in [-0.4, -0.2) is 11.7 Å². The van der Waals surface area contributed by atoms with E-state index in [4.69, 9.17) is 16.7 Å². The zero-order valence-corrected chi connectivity index (χ0v) is 10.7. The maximum Gasteiger partial charge on any atom is 0.0431 e. The number of rotatable bonds is 7. The lowest BCUT2D eigenvalue weighted by Gasteiger charge is -2.13. The molecule has 0 amide bonds. The van der Waals surface area contributed by atoms with Crippen LogP contribution in [0.5, 0.6) is 0 Å². The highest BCUT2D eigenvalue weighted by Crippen LogP contribution is 2.19. The van der Waals surface area contributed by atoms with Gasteiger partial charge in [0.25, 0.3) is 0 Å². The Kier molecular flexibility index (Phi) is 6.51. The monoisotopic (exact) mass is 240 g/mol. The molecule has 1 atom stereocenters. The minimum atomic E-state index is 0.317. The van der Waals surface area contributed by atoms with E-state index in [9.17, 15) is 0 Å². The maximum absolute atomic E-state index is 8.81. The molecule has 1 N–H and O–H groups in total. The molecule has 0 fully saturated rings. The molecule has 0 aliphatic heterocycles. The number of hydrogen-bond acceptors (Lipinski definition) is 1. The topological polar surface area (TPSA) is 20.2 Å². The lowest BCUT2D eigenvalue weighted by Crippen LogP contribution is -2.02. The number of benzene rings is 1. The normalized spacial score (nSPS) is 12.7. The molecule has 0 heterocycles. The van der Waals surface area contributed by atoms with Crippen LogP contribution in [0.1, 0.15) is 38.2 Å². The highest BCUT2D eigenvalue weighted by molar-refractivity contribution is 6.30. The van der Waals surface area contributed by atoms with E-state index in [0.717, 1.165) is 30.2 Å². The quantitative estimate of drug-likeness (QED) is 0.762. The SMILES string of the molecule is CCC(CCCO)CCc1ccc(Cl)cc1. The minimum absolute atomic E-state index is 0.317. The fourth-order valence-corrected chi connectivity index (χ4v) is 2.08. The van der Waals surface area contributed by atoms with Gasteiger partial charge in [0.2, 0.25) is 0 Å². The van der Waals surface area contributed by atoms with Crippen LogP contribution in [0.15, 0.2) is 24.3 Å². The molecule has 1 nitrogen and oxygen atoms in total. The van der Waals surface area contributed by atoms with E-state index in [-0.39, 0.29) is 0 Å². The summed E-state index contributed by atoms with van der Waals surface area (Å²) in [6, 6.07) is 8.10. The van der Waals surface area contributed by atoms with Gasteiger partial charge in [0.1, 0.15) is 0 Å². The van der Waals surface area contributed by atoms with Gasteiger partial charge in [-0.2, -0.15) is 0 Å². The molecule has 0 radical (unpaired) electrons. The summed E-state index contributed by atoms with van der Waals surface area (Å²) in [7, 11) is 0. The van der Waals surface area contributed by atoms with Crippen LogP contribution in [-0.2, 0) is 6.42 Å². The van der Waals surface area contributed by atoms with Gasteiger partial charge in [-0.15, -0.1) is 0 Å². The second-order valence-electron chi connectivity index (χ2n) is 4.31. The Morgan fingerprint density at radius 3 is 2.44 bits per heavy atom. The number of aliphatic hydroxyl groups is 1. The van der Waals surface area contributed by atoms with Crippen molar-refractivity contribution in [2.24, 2.45) is 5.92 Å². The summed E-state index contributed by atoms with van der Waals surface area (Å²) in [5, 5.41) is 9.61. The smallest absolute Gasteiger partial charge is 0.0431 e. The first-order valence-corrected chi connectivity index (χ1v) is 6.49. The standard InChI is InChI=1S/C14H21ClO/c1-2-12(4-3-11-16)5-6-13-7-9-14(15)10-8-13/h7-10,12,16H,2-6,11H2,1H3. The summed E-state index contributed by atoms with van der Waals surface area (Å²) >= 11 is 5.84. The van der Waals surface area contributed by atoms with E-state index < -0.39 is 0 Å². The summed E-state index contributed by atoms with van der Waals surface area (Å²) in [5.74, 6) is 0.739. The molecule has 0 bridgehead atoms. The van der Waals surface area contributed by atoms with Crippen molar-refractivity contribution in [3.05, 3.63) is 34.9 Å². The van der Waals surface area contributed by atoms with Crippen molar-refractivity contribution in [3.8, 4) is 0 Å². The zero-order valence-electron chi connectivity index (χ0n) is 9.95. The third kappa shape index (κ3) is 5.00. The molecular weight excluding hydrogens is 220 g/mol. The van der Waals surface area contributed by atoms with Crippen molar-refractivity contribution in [1.82, 2.24) is 0 Å². The van der Waals surface area contributed by atoms with Gasteiger partial charge in [-0.1, -0.05) is 37.1 Å². The van der Waals surface area contributed by atoms with Gasteiger partial charge in [-0.3, -0.25) is 0 Å². The predicted molar refractivity (Wildman–Crippen MR) is 69.9 cm³/mol. The van der Waals surface area contributed by atoms with E-state index in [1.807, 2.05) is 12.1 Å². The summed E-state index contributed by atoms with van der Waals surface area (Å²) in [6.45, 7) is 2.54. The Morgan fingerprint density at radius 2 is 1.88 bits per heavy atom. The molecule has 16 heavy (non-hydrogen) atoms. The average molecular weight is 241 g/mol. The largest absolute Gasteiger partial charge is 0.396 e. The van der Waals surface area contributed by atoms with E-state index >= 15 is 0 Å². The highest BCUT2D eigenvalue weighted by atomic mass is 35.5. The van der Waals surface area contributed by atoms with Crippen LogP contribution in [0, 0.1) is 5.92 Å². The summed E-state index contributed by atoms with van der Waals surface area (Å²) in [6.07, 6.45) is 5.59. The van der Waals surface area contributed by atoms with Crippen molar-refractivity contribution in [1.29, 1.82) is 0 Å². The molecule has 0 saturated carbocycles. The van der Waals surface area contributed by atoms with Crippen LogP contribution in [0.3, 0.4) is 0 Å². The second kappa shape index (κ2) is 7.70. The van der Waals surface area contributed by atoms with Gasteiger partial charge in [-0.25, -0.2) is 0 Å². The first-order valence-electron chi connectivity index (χ1n) is 6.11. The molecule has 1 unspecified atom stereocenters. The zero-order chi connectivity index (χ0) is 11.8. The van der Waals surface area contributed by atoms with Gasteiger partial charge in [-0.05, 0) is 49.3 Å². The lowest BCUT2D eigenvalue weighted by atomic mass is 9.93. The number of aryl methyl sites for hydroxylation is 1. The molecule has 0 aromatic heterocycles. The number of halogens is 1. The number of hydrogen-bond donors (Lipinski definition) is 1. The molecule has 0 saturated heterocycles. The van der Waals surface area contributed by atoms with Crippen molar-refractivity contribution in [3.63, 3.8) is 0 Å². The summed E-state index contributed by atoms with van der Waals surface area (Å²) in [4.78, 5) is 0. The molecule has 0 aliphatic carbocycles. The summed E-state index contributed by atoms with van der Waals surface area (Å²) in [5.41, 5.74) is 1.35. The van der Waals surface area contributed by atoms with Gasteiger partial charge >= 0.3 is 0 Å². The molecule has 0 aliphatic rings. The van der Waals surface area contributed by atoms with Crippen molar-refractivity contribution < 1.29 is 5.11 Å². The van der Waals surface area contributed by atoms with E-state index in [2.05, 4.69) is 19.1 Å². The van der Waals surface area contributed by atoms with E-state index in [0.29, 0.717) is 6.61 Å². The van der Waals surface area contributed by atoms with Gasteiger partial charge in [0, 0.05) is 11.6 Å². The highest BCUT2D eigenvalue weighted by Gasteiger charge is 2.06. The van der Waals surface area contributed by atoms with E-state index in [1.54, 1.807) is 0 Å². The molecule has 90 valence electrons. The van der Waals surface area contributed by atoms with Gasteiger partial charge in [0.15, 0.2) is 0 Å². The van der Waals surface area contributed by atoms with Crippen LogP contribution in [0.25, 0.3) is 0 Å². The Bertz CT molecular complexity index is 281. The molecule has 1 rings (SSSR count). The Labute approximate surface area is 103 Å². The maximum atomic E-state index is 8.81. The van der Waals surface area contributed by atoms with Gasteiger partial charge in [0.05, 0.1) is 0 Å². The summed E-state index contributed by atoms with van der Waals surface area (Å²) < 4.78 is 0. The molecule has 1 aromatic rings. The number of aliphatic hydroxyl groups excluding tert-OH is 1. The van der Waals surface area contributed by atoms with Crippen LogP contribution >= 0.6 is 11.6 Å². The average Bonchev–Trinajstić information content (AvgIpc) is 2.32. The molecule has 2 heteroatoms. The molecular formula is C14H21ClO. The van der Waals surface area contributed by atoms with Crippen molar-refractivity contribution in [2.45, 2.75) is 39.0 Å². The van der Waals surface area contributed by atoms with Crippen LogP contribution in [0.4, 0.5) is 0 Å². The molecule has 0 spiro atoms. The molecule has 1 aromatic carbocycles. The fraction of sp³-hybridized carbons (Fsp3) is 0.571. The van der Waals surface area contributed by atoms with Gasteiger partial charge < -0.3 is 5.11 Å². The first-order chi connectivity index (χ1) is 7.76. The Morgan fingerprint density at radius 1 is 1.19 bits per heavy atom. The van der Waals surface area contributed by atoms with Crippen molar-refractivity contribution in [2.75, 3.05) is 6.61 Å². The Balaban J connectivity index is 2.34. The Hall–Kier alpha value is -0.530. The third-order valence-corrected chi connectivity index (χ3v) is 3.35. The van der Waals surface area contributed by atoms with Crippen LogP contribution < -0.4 is 0 Å². The second-order valence-corrected chi connectivity index (χ2v) is 4.74. The van der Waals surface area contributed by atoms with E-state index in [1.165, 1.54) is 18.4 Å². The van der Waals surface area contributed by atoms with Crippen molar-refractivity contribution >= 4 is 11.6 Å². The third-order valence-electron chi connectivity index (χ3n) is 3.10. The first kappa shape index (κ1) is 13.5.